The minimum Gasteiger partial charge on any atom is -0.458 e. The first kappa shape index (κ1) is 13.5. The largest absolute Gasteiger partial charge is 0.458 e. The first-order valence-corrected chi connectivity index (χ1v) is 6.02. The van der Waals surface area contributed by atoms with E-state index >= 15 is 0 Å². The standard InChI is InChI=1S/C12H23NO3/c1-12(2,3)16-11(15)10(14)9-13-7-5-4-6-8-13/h10,14H,4-9H2,1-3H3. The number of esters is 1. The Balaban J connectivity index is 2.33. The van der Waals surface area contributed by atoms with Gasteiger partial charge in [-0.2, -0.15) is 0 Å². The Kier molecular flexibility index (Phi) is 4.74. The second-order valence-electron chi connectivity index (χ2n) is 5.41. The fourth-order valence-corrected chi connectivity index (χ4v) is 1.83. The molecule has 1 aliphatic heterocycles. The fraction of sp³-hybridized carbons (Fsp3) is 0.917. The molecule has 0 aromatic rings. The summed E-state index contributed by atoms with van der Waals surface area (Å²) in [6.07, 6.45) is 2.54. The molecule has 0 spiro atoms. The average molecular weight is 229 g/mol. The number of piperidine rings is 1. The SMILES string of the molecule is CC(C)(C)OC(=O)C(O)CN1CCCCC1. The molecule has 1 unspecified atom stereocenters. The van der Waals surface area contributed by atoms with E-state index in [9.17, 15) is 9.90 Å². The third kappa shape index (κ3) is 4.94. The molecule has 0 aromatic heterocycles. The lowest BCUT2D eigenvalue weighted by molar-refractivity contribution is -0.166. The summed E-state index contributed by atoms with van der Waals surface area (Å²) in [7, 11) is 0. The van der Waals surface area contributed by atoms with E-state index in [0.717, 1.165) is 25.9 Å². The second-order valence-corrected chi connectivity index (χ2v) is 5.41. The number of carbonyl (C=O) groups is 1. The lowest BCUT2D eigenvalue weighted by atomic mass is 10.1. The molecule has 4 nitrogen and oxygen atoms in total. The summed E-state index contributed by atoms with van der Waals surface area (Å²) in [5, 5.41) is 9.72. The number of aliphatic hydroxyl groups is 1. The summed E-state index contributed by atoms with van der Waals surface area (Å²) in [6.45, 7) is 7.75. The third-order valence-electron chi connectivity index (χ3n) is 2.56. The average Bonchev–Trinajstić information content (AvgIpc) is 2.16. The van der Waals surface area contributed by atoms with Gasteiger partial charge in [-0.05, 0) is 46.7 Å². The molecule has 16 heavy (non-hydrogen) atoms. The molecule has 1 heterocycles. The second kappa shape index (κ2) is 5.64. The van der Waals surface area contributed by atoms with Crippen molar-refractivity contribution in [3.63, 3.8) is 0 Å². The van der Waals surface area contributed by atoms with E-state index in [1.165, 1.54) is 6.42 Å². The van der Waals surface area contributed by atoms with Crippen molar-refractivity contribution in [2.75, 3.05) is 19.6 Å². The maximum Gasteiger partial charge on any atom is 0.336 e. The highest BCUT2D eigenvalue weighted by Gasteiger charge is 2.25. The van der Waals surface area contributed by atoms with E-state index in [0.29, 0.717) is 6.54 Å². The molecule has 0 amide bonds. The van der Waals surface area contributed by atoms with Gasteiger partial charge < -0.3 is 14.7 Å². The van der Waals surface area contributed by atoms with Gasteiger partial charge in [0.2, 0.25) is 0 Å². The molecule has 1 fully saturated rings. The zero-order valence-corrected chi connectivity index (χ0v) is 10.5. The van der Waals surface area contributed by atoms with Crippen LogP contribution in [0.3, 0.4) is 0 Å². The normalized spacial score (nSPS) is 20.5. The predicted molar refractivity (Wildman–Crippen MR) is 62.1 cm³/mol. The Morgan fingerprint density at radius 1 is 1.31 bits per heavy atom. The summed E-state index contributed by atoms with van der Waals surface area (Å²) in [6, 6.07) is 0. The fourth-order valence-electron chi connectivity index (χ4n) is 1.83. The topological polar surface area (TPSA) is 49.8 Å². The van der Waals surface area contributed by atoms with Crippen molar-refractivity contribution >= 4 is 5.97 Å². The number of aliphatic hydroxyl groups excluding tert-OH is 1. The van der Waals surface area contributed by atoms with E-state index in [4.69, 9.17) is 4.74 Å². The molecular formula is C12H23NO3. The predicted octanol–water partition coefficient (Wildman–Crippen LogP) is 1.17. The van der Waals surface area contributed by atoms with E-state index in [2.05, 4.69) is 4.90 Å². The van der Waals surface area contributed by atoms with Crippen LogP contribution in [0.2, 0.25) is 0 Å². The molecule has 1 saturated heterocycles. The number of rotatable bonds is 3. The van der Waals surface area contributed by atoms with Gasteiger partial charge in [0, 0.05) is 6.54 Å². The number of β-amino-alcohol motifs (C(OH)–C–C–N with tert-alkyl or cyclic N) is 1. The highest BCUT2D eigenvalue weighted by molar-refractivity contribution is 5.75. The van der Waals surface area contributed by atoms with E-state index < -0.39 is 17.7 Å². The first-order chi connectivity index (χ1) is 7.38. The van der Waals surface area contributed by atoms with Crippen molar-refractivity contribution in [3.8, 4) is 0 Å². The summed E-state index contributed by atoms with van der Waals surface area (Å²) in [4.78, 5) is 13.7. The van der Waals surface area contributed by atoms with E-state index in [1.807, 2.05) is 0 Å². The number of carbonyl (C=O) groups excluding carboxylic acids is 1. The molecule has 0 saturated carbocycles. The molecule has 0 radical (unpaired) electrons. The van der Waals surface area contributed by atoms with Crippen LogP contribution in [-0.4, -0.2) is 47.3 Å². The highest BCUT2D eigenvalue weighted by atomic mass is 16.6. The Labute approximate surface area is 97.6 Å². The molecule has 1 N–H and O–H groups in total. The molecule has 0 aliphatic carbocycles. The van der Waals surface area contributed by atoms with Gasteiger partial charge >= 0.3 is 5.97 Å². The van der Waals surface area contributed by atoms with Crippen molar-refractivity contribution in [1.29, 1.82) is 0 Å². The van der Waals surface area contributed by atoms with Gasteiger partial charge in [-0.25, -0.2) is 4.79 Å². The summed E-state index contributed by atoms with van der Waals surface area (Å²) < 4.78 is 5.13. The molecule has 94 valence electrons. The third-order valence-corrected chi connectivity index (χ3v) is 2.56. The van der Waals surface area contributed by atoms with Gasteiger partial charge in [-0.15, -0.1) is 0 Å². The molecule has 0 aromatic carbocycles. The minimum atomic E-state index is -1.02. The Bertz CT molecular complexity index is 229. The van der Waals surface area contributed by atoms with Crippen LogP contribution in [0.15, 0.2) is 0 Å². The monoisotopic (exact) mass is 229 g/mol. The van der Waals surface area contributed by atoms with Crippen LogP contribution in [0.5, 0.6) is 0 Å². The van der Waals surface area contributed by atoms with Crippen molar-refractivity contribution in [1.82, 2.24) is 4.90 Å². The maximum absolute atomic E-state index is 11.5. The smallest absolute Gasteiger partial charge is 0.336 e. The molecule has 1 rings (SSSR count). The zero-order chi connectivity index (χ0) is 12.2. The van der Waals surface area contributed by atoms with E-state index in [1.54, 1.807) is 20.8 Å². The molecule has 1 atom stereocenters. The lowest BCUT2D eigenvalue weighted by Crippen LogP contribution is -2.42. The summed E-state index contributed by atoms with van der Waals surface area (Å²) in [5.41, 5.74) is -0.528. The van der Waals surface area contributed by atoms with Gasteiger partial charge in [0.05, 0.1) is 0 Å². The zero-order valence-electron chi connectivity index (χ0n) is 10.5. The van der Waals surface area contributed by atoms with Gasteiger partial charge in [0.15, 0.2) is 6.10 Å². The summed E-state index contributed by atoms with van der Waals surface area (Å²) in [5.74, 6) is -0.516. The summed E-state index contributed by atoms with van der Waals surface area (Å²) >= 11 is 0. The van der Waals surface area contributed by atoms with Gasteiger partial charge in [0.25, 0.3) is 0 Å². The number of ether oxygens (including phenoxy) is 1. The molecule has 4 heteroatoms. The van der Waals surface area contributed by atoms with Crippen LogP contribution >= 0.6 is 0 Å². The van der Waals surface area contributed by atoms with Crippen LogP contribution < -0.4 is 0 Å². The quantitative estimate of drug-likeness (QED) is 0.738. The number of nitrogens with zero attached hydrogens (tertiary/aromatic N) is 1. The van der Waals surface area contributed by atoms with Crippen LogP contribution in [0.25, 0.3) is 0 Å². The van der Waals surface area contributed by atoms with Crippen LogP contribution in [0.4, 0.5) is 0 Å². The first-order valence-electron chi connectivity index (χ1n) is 6.02. The van der Waals surface area contributed by atoms with E-state index in [-0.39, 0.29) is 0 Å². The minimum absolute atomic E-state index is 0.398. The van der Waals surface area contributed by atoms with Crippen LogP contribution in [0, 0.1) is 0 Å². The van der Waals surface area contributed by atoms with Crippen molar-refractivity contribution in [3.05, 3.63) is 0 Å². The number of hydrogen-bond acceptors (Lipinski definition) is 4. The Hall–Kier alpha value is -0.610. The van der Waals surface area contributed by atoms with Gasteiger partial charge in [0.1, 0.15) is 5.60 Å². The highest BCUT2D eigenvalue weighted by Crippen LogP contribution is 2.12. The molecule has 1 aliphatic rings. The van der Waals surface area contributed by atoms with Crippen LogP contribution in [0.1, 0.15) is 40.0 Å². The number of likely N-dealkylation sites (tertiary alicyclic amines) is 1. The van der Waals surface area contributed by atoms with Crippen molar-refractivity contribution < 1.29 is 14.6 Å². The van der Waals surface area contributed by atoms with Crippen molar-refractivity contribution in [2.45, 2.75) is 51.7 Å². The molecular weight excluding hydrogens is 206 g/mol. The Morgan fingerprint density at radius 2 is 1.88 bits per heavy atom. The van der Waals surface area contributed by atoms with Crippen LogP contribution in [-0.2, 0) is 9.53 Å². The number of hydrogen-bond donors (Lipinski definition) is 1. The molecule has 0 bridgehead atoms. The lowest BCUT2D eigenvalue weighted by Gasteiger charge is -2.29. The van der Waals surface area contributed by atoms with Gasteiger partial charge in [-0.1, -0.05) is 6.42 Å². The van der Waals surface area contributed by atoms with Gasteiger partial charge in [-0.3, -0.25) is 0 Å². The van der Waals surface area contributed by atoms with Crippen molar-refractivity contribution in [2.24, 2.45) is 0 Å². The maximum atomic E-state index is 11.5. The Morgan fingerprint density at radius 3 is 2.38 bits per heavy atom.